The molecule has 2 atom stereocenters. The minimum absolute atomic E-state index is 0.0766. The fourth-order valence-electron chi connectivity index (χ4n) is 4.88. The topological polar surface area (TPSA) is 74.8 Å². The average Bonchev–Trinajstić information content (AvgIpc) is 2.77. The van der Waals surface area contributed by atoms with Gasteiger partial charge in [-0.25, -0.2) is 4.98 Å². The zero-order valence-corrected chi connectivity index (χ0v) is 19.4. The number of aryl methyl sites for hydroxylation is 1. The molecule has 1 aromatic carbocycles. The van der Waals surface area contributed by atoms with Gasteiger partial charge in [0.25, 0.3) is 0 Å². The molecule has 3 heterocycles. The van der Waals surface area contributed by atoms with Crippen LogP contribution < -0.4 is 10.2 Å². The lowest BCUT2D eigenvalue weighted by Gasteiger charge is -2.35. The highest BCUT2D eigenvalue weighted by molar-refractivity contribution is 5.96. The van der Waals surface area contributed by atoms with Gasteiger partial charge in [0, 0.05) is 50.1 Å². The van der Waals surface area contributed by atoms with E-state index in [-0.39, 0.29) is 24.7 Å². The summed E-state index contributed by atoms with van der Waals surface area (Å²) in [7, 11) is 0. The number of carbonyl (C=O) groups excluding carboxylic acids is 2. The lowest BCUT2D eigenvalue weighted by atomic mass is 9.91. The summed E-state index contributed by atoms with van der Waals surface area (Å²) >= 11 is 0. The van der Waals surface area contributed by atoms with E-state index >= 15 is 0 Å². The van der Waals surface area contributed by atoms with E-state index in [2.05, 4.69) is 37.1 Å². The van der Waals surface area contributed by atoms with Gasteiger partial charge in [-0.3, -0.25) is 9.59 Å². The number of ether oxygens (including phenoxy) is 1. The minimum Gasteiger partial charge on any atom is -0.378 e. The quantitative estimate of drug-likeness (QED) is 0.772. The van der Waals surface area contributed by atoms with Crippen LogP contribution in [0.25, 0.3) is 10.9 Å². The van der Waals surface area contributed by atoms with Crippen LogP contribution >= 0.6 is 0 Å². The number of fused-ring (bicyclic) bond motifs is 1. The van der Waals surface area contributed by atoms with Crippen LogP contribution in [0.5, 0.6) is 0 Å². The number of nitrogens with zero attached hydrogens (tertiary/aromatic N) is 3. The smallest absolute Gasteiger partial charge is 0.224 e. The molecule has 2 fully saturated rings. The summed E-state index contributed by atoms with van der Waals surface area (Å²) in [5, 5.41) is 3.97. The van der Waals surface area contributed by atoms with Gasteiger partial charge in [-0.2, -0.15) is 0 Å². The normalized spacial score (nSPS) is 21.6. The Labute approximate surface area is 190 Å². The first-order chi connectivity index (χ1) is 15.4. The van der Waals surface area contributed by atoms with Crippen LogP contribution in [0.4, 0.5) is 11.5 Å². The summed E-state index contributed by atoms with van der Waals surface area (Å²) in [6.45, 7) is 11.2. The van der Waals surface area contributed by atoms with E-state index in [1.807, 2.05) is 23.1 Å². The number of carbonyl (C=O) groups is 2. The molecule has 0 radical (unpaired) electrons. The standard InChI is InChI=1S/C25H34N4O3/c1-17-12-18(2)16-29(15-17)25(31)7-6-24(30)26-20-4-5-22-21(14-20)19(3)13-23(27-22)28-8-10-32-11-9-28/h4-5,13-14,17-18H,6-12,15-16H2,1-3H3,(H,26,30)/t17-,18-/m0/s1. The number of nitrogens with one attached hydrogen (secondary N) is 1. The summed E-state index contributed by atoms with van der Waals surface area (Å²) in [5.74, 6) is 1.96. The number of amides is 2. The predicted molar refractivity (Wildman–Crippen MR) is 127 cm³/mol. The maximum atomic E-state index is 12.6. The van der Waals surface area contributed by atoms with Gasteiger partial charge in [-0.1, -0.05) is 13.8 Å². The molecule has 172 valence electrons. The molecule has 0 saturated carbocycles. The third-order valence-corrected chi connectivity index (χ3v) is 6.41. The van der Waals surface area contributed by atoms with Crippen LogP contribution in [0, 0.1) is 18.8 Å². The van der Waals surface area contributed by atoms with Crippen LogP contribution in [-0.2, 0) is 14.3 Å². The molecule has 2 aliphatic heterocycles. The van der Waals surface area contributed by atoms with E-state index in [0.29, 0.717) is 11.8 Å². The van der Waals surface area contributed by atoms with E-state index in [4.69, 9.17) is 9.72 Å². The van der Waals surface area contributed by atoms with Crippen molar-refractivity contribution in [2.75, 3.05) is 49.6 Å². The highest BCUT2D eigenvalue weighted by atomic mass is 16.5. The van der Waals surface area contributed by atoms with Crippen molar-refractivity contribution < 1.29 is 14.3 Å². The molecular weight excluding hydrogens is 404 g/mol. The van der Waals surface area contributed by atoms with Gasteiger partial charge in [0.05, 0.1) is 18.7 Å². The lowest BCUT2D eigenvalue weighted by molar-refractivity contribution is -0.135. The fraction of sp³-hybridized carbons (Fsp3) is 0.560. The number of aromatic nitrogens is 1. The summed E-state index contributed by atoms with van der Waals surface area (Å²) in [5.41, 5.74) is 2.77. The third-order valence-electron chi connectivity index (χ3n) is 6.41. The number of pyridine rings is 1. The number of benzene rings is 1. The molecule has 0 unspecified atom stereocenters. The summed E-state index contributed by atoms with van der Waals surface area (Å²) in [6.07, 6.45) is 1.61. The van der Waals surface area contributed by atoms with Crippen molar-refractivity contribution in [2.45, 2.75) is 40.0 Å². The molecule has 2 aliphatic rings. The lowest BCUT2D eigenvalue weighted by Crippen LogP contribution is -2.42. The molecule has 7 nitrogen and oxygen atoms in total. The van der Waals surface area contributed by atoms with E-state index in [9.17, 15) is 9.59 Å². The number of hydrogen-bond donors (Lipinski definition) is 1. The molecule has 0 spiro atoms. The molecule has 2 amide bonds. The van der Waals surface area contributed by atoms with Crippen molar-refractivity contribution in [3.05, 3.63) is 29.8 Å². The van der Waals surface area contributed by atoms with Crippen LogP contribution in [0.2, 0.25) is 0 Å². The first kappa shape index (κ1) is 22.5. The maximum Gasteiger partial charge on any atom is 0.224 e. The highest BCUT2D eigenvalue weighted by Crippen LogP contribution is 2.26. The molecule has 0 aliphatic carbocycles. The van der Waals surface area contributed by atoms with Crippen LogP contribution in [0.15, 0.2) is 24.3 Å². The first-order valence-corrected chi connectivity index (χ1v) is 11.7. The van der Waals surface area contributed by atoms with Crippen LogP contribution in [0.3, 0.4) is 0 Å². The molecular formula is C25H34N4O3. The Morgan fingerprint density at radius 3 is 2.53 bits per heavy atom. The van der Waals surface area contributed by atoms with Gasteiger partial charge in [0.1, 0.15) is 5.82 Å². The van der Waals surface area contributed by atoms with Crippen molar-refractivity contribution in [3.63, 3.8) is 0 Å². The number of hydrogen-bond acceptors (Lipinski definition) is 5. The monoisotopic (exact) mass is 438 g/mol. The van der Waals surface area contributed by atoms with Crippen LogP contribution in [-0.4, -0.2) is 61.1 Å². The summed E-state index contributed by atoms with van der Waals surface area (Å²) in [6, 6.07) is 7.89. The number of piperidine rings is 1. The molecule has 1 N–H and O–H groups in total. The molecule has 2 saturated heterocycles. The van der Waals surface area contributed by atoms with E-state index in [1.165, 1.54) is 0 Å². The van der Waals surface area contributed by atoms with E-state index in [1.54, 1.807) is 0 Å². The van der Waals surface area contributed by atoms with Crippen molar-refractivity contribution in [1.82, 2.24) is 9.88 Å². The largest absolute Gasteiger partial charge is 0.378 e. The molecule has 1 aromatic heterocycles. The zero-order chi connectivity index (χ0) is 22.7. The van der Waals surface area contributed by atoms with Crippen LogP contribution in [0.1, 0.15) is 38.7 Å². The number of likely N-dealkylation sites (tertiary alicyclic amines) is 1. The second kappa shape index (κ2) is 9.86. The average molecular weight is 439 g/mol. The van der Waals surface area contributed by atoms with Gasteiger partial charge in [0.15, 0.2) is 0 Å². The first-order valence-electron chi connectivity index (χ1n) is 11.7. The second-order valence-corrected chi connectivity index (χ2v) is 9.42. The highest BCUT2D eigenvalue weighted by Gasteiger charge is 2.25. The molecule has 0 bridgehead atoms. The SMILES string of the molecule is Cc1cc(N2CCOCC2)nc2ccc(NC(=O)CCC(=O)N3C[C@@H](C)C[C@H](C)C3)cc12. The Morgan fingerprint density at radius 2 is 1.81 bits per heavy atom. The van der Waals surface area contributed by atoms with Crippen molar-refractivity contribution in [2.24, 2.45) is 11.8 Å². The molecule has 7 heteroatoms. The minimum atomic E-state index is -0.133. The number of rotatable bonds is 5. The Balaban J connectivity index is 1.36. The number of anilines is 2. The van der Waals surface area contributed by atoms with Crippen molar-refractivity contribution >= 4 is 34.2 Å². The van der Waals surface area contributed by atoms with Gasteiger partial charge < -0.3 is 19.9 Å². The number of morpholine rings is 1. The summed E-state index contributed by atoms with van der Waals surface area (Å²) in [4.78, 5) is 34.0. The second-order valence-electron chi connectivity index (χ2n) is 9.42. The van der Waals surface area contributed by atoms with Gasteiger partial charge >= 0.3 is 0 Å². The van der Waals surface area contributed by atoms with Gasteiger partial charge in [-0.15, -0.1) is 0 Å². The summed E-state index contributed by atoms with van der Waals surface area (Å²) < 4.78 is 5.44. The Morgan fingerprint density at radius 1 is 1.09 bits per heavy atom. The molecule has 2 aromatic rings. The zero-order valence-electron chi connectivity index (χ0n) is 19.4. The van der Waals surface area contributed by atoms with E-state index in [0.717, 1.165) is 73.8 Å². The fourth-order valence-corrected chi connectivity index (χ4v) is 4.88. The van der Waals surface area contributed by atoms with Crippen molar-refractivity contribution in [3.8, 4) is 0 Å². The van der Waals surface area contributed by atoms with E-state index < -0.39 is 0 Å². The van der Waals surface area contributed by atoms with Gasteiger partial charge in [0.2, 0.25) is 11.8 Å². The Hall–Kier alpha value is -2.67. The van der Waals surface area contributed by atoms with Crippen molar-refractivity contribution in [1.29, 1.82) is 0 Å². The molecule has 32 heavy (non-hydrogen) atoms. The predicted octanol–water partition coefficient (Wildman–Crippen LogP) is 3.60. The van der Waals surface area contributed by atoms with Gasteiger partial charge in [-0.05, 0) is 55.0 Å². The molecule has 4 rings (SSSR count). The third kappa shape index (κ3) is 5.38. The Kier molecular flexibility index (Phi) is 6.94. The maximum absolute atomic E-state index is 12.6. The Bertz CT molecular complexity index is 977.